The van der Waals surface area contributed by atoms with E-state index < -0.39 is 17.1 Å². The minimum atomic E-state index is -0.499. The summed E-state index contributed by atoms with van der Waals surface area (Å²) in [5, 5.41) is 15.1. The zero-order valence-electron chi connectivity index (χ0n) is 37.1. The Hall–Kier alpha value is -2.03. The molecule has 0 aliphatic carbocycles. The van der Waals surface area contributed by atoms with Gasteiger partial charge in [0, 0.05) is 70.1 Å². The molecule has 0 aliphatic rings. The van der Waals surface area contributed by atoms with Crippen molar-refractivity contribution in [3.05, 3.63) is 11.8 Å². The first-order valence-corrected chi connectivity index (χ1v) is 21.1. The number of allylic oxidation sites excluding steroid dienone is 2. The van der Waals surface area contributed by atoms with E-state index in [-0.39, 0.29) is 47.6 Å². The van der Waals surface area contributed by atoms with E-state index in [1.165, 1.54) is 17.5 Å². The van der Waals surface area contributed by atoms with E-state index >= 15 is 0 Å². The van der Waals surface area contributed by atoms with Crippen molar-refractivity contribution in [2.24, 2.45) is 5.41 Å². The summed E-state index contributed by atoms with van der Waals surface area (Å²) < 4.78 is 22.9. The lowest BCUT2D eigenvalue weighted by Crippen LogP contribution is -2.49. The first-order chi connectivity index (χ1) is 25.5. The molecule has 0 saturated heterocycles. The number of amides is 2. The highest BCUT2D eigenvalue weighted by atomic mass is 32.2. The fourth-order valence-electron chi connectivity index (χ4n) is 5.34. The molecule has 2 amide bonds. The van der Waals surface area contributed by atoms with E-state index in [0.717, 1.165) is 44.8 Å². The van der Waals surface area contributed by atoms with Gasteiger partial charge in [-0.25, -0.2) is 0 Å². The Balaban J connectivity index is 0. The van der Waals surface area contributed by atoms with Crippen LogP contribution in [0.3, 0.4) is 0 Å². The number of aliphatic hydroxyl groups is 1. The molecule has 13 heteroatoms. The Labute approximate surface area is 339 Å². The van der Waals surface area contributed by atoms with Crippen molar-refractivity contribution in [2.45, 2.75) is 175 Å². The summed E-state index contributed by atoms with van der Waals surface area (Å²) in [5.41, 5.74) is 0.328. The molecule has 0 aliphatic heterocycles. The standard InChI is InChI=1S/C28H51N3O5S.C14H30O4/c1-8-12-23(29-9-2)14-16-28(5,6)36-21-17-27(3,4)31(7)26(35)24(15-20-33)37-22-18-30-25(34)13-10-11-19-32;1-13(2,3)8-11(9-15)17-12(10-16-7)18-14(4,5)6/h12,19-20,24,29H,8-11,13-18,21-22H2,1-7H3,(H,30,34);11-12,15H,8-10H2,1-7H3/b23-12+;. The molecular weight excluding hydrogens is 723 g/mol. The van der Waals surface area contributed by atoms with Crippen LogP contribution < -0.4 is 10.6 Å². The molecule has 0 rings (SSSR count). The summed E-state index contributed by atoms with van der Waals surface area (Å²) in [7, 11) is 3.39. The van der Waals surface area contributed by atoms with Gasteiger partial charge >= 0.3 is 0 Å². The Morgan fingerprint density at radius 3 is 2.09 bits per heavy atom. The van der Waals surface area contributed by atoms with E-state index in [9.17, 15) is 24.3 Å². The maximum Gasteiger partial charge on any atom is 0.236 e. The molecule has 12 nitrogen and oxygen atoms in total. The molecule has 0 aromatic rings. The minimum absolute atomic E-state index is 0.00894. The lowest BCUT2D eigenvalue weighted by atomic mass is 9.89. The van der Waals surface area contributed by atoms with Crippen LogP contribution in [0.15, 0.2) is 11.8 Å². The maximum absolute atomic E-state index is 13.2. The number of methoxy groups -OCH3 is 1. The summed E-state index contributed by atoms with van der Waals surface area (Å²) in [6.07, 6.45) is 8.72. The SMILES string of the molecule is CC/C=C(\CCC(C)(C)OCCC(C)(C)N(C)C(=O)C(CC=O)SCCNC(=O)CCCC=O)NCC.COCC(OC(CO)CC(C)(C)C)OC(C)(C)C. The predicted octanol–water partition coefficient (Wildman–Crippen LogP) is 6.86. The Morgan fingerprint density at radius 2 is 1.58 bits per heavy atom. The summed E-state index contributed by atoms with van der Waals surface area (Å²) >= 11 is 1.38. The van der Waals surface area contributed by atoms with Crippen LogP contribution >= 0.6 is 11.8 Å². The minimum Gasteiger partial charge on any atom is -0.394 e. The first-order valence-electron chi connectivity index (χ1n) is 20.0. The maximum atomic E-state index is 13.2. The van der Waals surface area contributed by atoms with Gasteiger partial charge in [-0.15, -0.1) is 11.8 Å². The van der Waals surface area contributed by atoms with E-state index in [2.05, 4.69) is 65.2 Å². The zero-order chi connectivity index (χ0) is 42.7. The molecule has 3 N–H and O–H groups in total. The Morgan fingerprint density at radius 1 is 0.927 bits per heavy atom. The lowest BCUT2D eigenvalue weighted by molar-refractivity contribution is -0.239. The van der Waals surface area contributed by atoms with Crippen LogP contribution in [-0.2, 0) is 38.1 Å². The van der Waals surface area contributed by atoms with Gasteiger partial charge in [0.15, 0.2) is 6.29 Å². The second kappa shape index (κ2) is 29.2. The third-order valence-corrected chi connectivity index (χ3v) is 9.76. The lowest BCUT2D eigenvalue weighted by Gasteiger charge is -2.38. The van der Waals surface area contributed by atoms with Crippen molar-refractivity contribution in [3.63, 3.8) is 0 Å². The topological polar surface area (TPSA) is 153 Å². The highest BCUT2D eigenvalue weighted by molar-refractivity contribution is 8.00. The number of nitrogens with one attached hydrogen (secondary N) is 2. The average molecular weight is 804 g/mol. The molecule has 3 atom stereocenters. The summed E-state index contributed by atoms with van der Waals surface area (Å²) in [6, 6.07) is 0. The molecule has 0 aromatic heterocycles. The predicted molar refractivity (Wildman–Crippen MR) is 225 cm³/mol. The highest BCUT2D eigenvalue weighted by Gasteiger charge is 2.33. The van der Waals surface area contributed by atoms with Crippen LogP contribution in [0.2, 0.25) is 0 Å². The van der Waals surface area contributed by atoms with E-state index in [1.807, 2.05) is 34.6 Å². The van der Waals surface area contributed by atoms with Gasteiger partial charge in [-0.2, -0.15) is 0 Å². The van der Waals surface area contributed by atoms with Crippen molar-refractivity contribution in [1.29, 1.82) is 0 Å². The van der Waals surface area contributed by atoms with Gasteiger partial charge in [-0.05, 0) is 99.3 Å². The number of aldehydes is 2. The number of hydrogen-bond acceptors (Lipinski definition) is 11. The Bertz CT molecular complexity index is 1090. The van der Waals surface area contributed by atoms with Crippen LogP contribution in [0.4, 0.5) is 0 Å². The van der Waals surface area contributed by atoms with Gasteiger partial charge in [-0.3, -0.25) is 9.59 Å². The van der Waals surface area contributed by atoms with Gasteiger partial charge in [-0.1, -0.05) is 33.8 Å². The molecule has 0 aromatic carbocycles. The number of thioether (sulfide) groups is 1. The van der Waals surface area contributed by atoms with Crippen molar-refractivity contribution in [3.8, 4) is 0 Å². The fourth-order valence-corrected chi connectivity index (χ4v) is 6.36. The van der Waals surface area contributed by atoms with E-state index in [0.29, 0.717) is 51.2 Å². The van der Waals surface area contributed by atoms with Crippen LogP contribution in [-0.4, -0.2) is 122 Å². The van der Waals surface area contributed by atoms with E-state index in [1.54, 1.807) is 19.1 Å². The molecule has 0 saturated carbocycles. The van der Waals surface area contributed by atoms with Gasteiger partial charge in [0.1, 0.15) is 12.6 Å². The number of hydrogen-bond donors (Lipinski definition) is 3. The monoisotopic (exact) mass is 804 g/mol. The number of carbonyl (C=O) groups excluding carboxylic acids is 4. The largest absolute Gasteiger partial charge is 0.394 e. The molecule has 55 heavy (non-hydrogen) atoms. The van der Waals surface area contributed by atoms with Crippen molar-refractivity contribution < 1.29 is 43.2 Å². The van der Waals surface area contributed by atoms with Gasteiger partial charge in [0.25, 0.3) is 0 Å². The average Bonchev–Trinajstić information content (AvgIpc) is 3.07. The van der Waals surface area contributed by atoms with E-state index in [4.69, 9.17) is 18.9 Å². The van der Waals surface area contributed by atoms with Gasteiger partial charge in [0.2, 0.25) is 11.8 Å². The third kappa shape index (κ3) is 29.8. The molecule has 0 heterocycles. The molecule has 0 radical (unpaired) electrons. The molecular formula is C42H81N3O9S. The normalized spacial score (nSPS) is 14.3. The van der Waals surface area contributed by atoms with Gasteiger partial charge < -0.3 is 49.2 Å². The molecule has 0 fully saturated rings. The number of rotatable bonds is 29. The van der Waals surface area contributed by atoms with Crippen LogP contribution in [0.1, 0.15) is 141 Å². The fraction of sp³-hybridized carbons (Fsp3) is 0.857. The summed E-state index contributed by atoms with van der Waals surface area (Å²) in [4.78, 5) is 48.3. The smallest absolute Gasteiger partial charge is 0.236 e. The van der Waals surface area contributed by atoms with Crippen LogP contribution in [0.25, 0.3) is 0 Å². The second-order valence-corrected chi connectivity index (χ2v) is 18.5. The number of carbonyl (C=O) groups is 4. The number of aliphatic hydroxyl groups excluding tert-OH is 1. The number of unbranched alkanes of at least 4 members (excludes halogenated alkanes) is 1. The van der Waals surface area contributed by atoms with Crippen LogP contribution in [0.5, 0.6) is 0 Å². The second-order valence-electron chi connectivity index (χ2n) is 17.2. The van der Waals surface area contributed by atoms with Gasteiger partial charge in [0.05, 0.1) is 35.8 Å². The molecule has 0 spiro atoms. The summed E-state index contributed by atoms with van der Waals surface area (Å²) in [5.74, 6) is 0.316. The number of ether oxygens (including phenoxy) is 4. The molecule has 324 valence electrons. The zero-order valence-corrected chi connectivity index (χ0v) is 38.0. The highest BCUT2D eigenvalue weighted by Crippen LogP contribution is 2.27. The molecule has 3 unspecified atom stereocenters. The van der Waals surface area contributed by atoms with Crippen molar-refractivity contribution in [1.82, 2.24) is 15.5 Å². The number of nitrogens with zero attached hydrogens (tertiary/aromatic N) is 1. The van der Waals surface area contributed by atoms with Crippen LogP contribution in [0, 0.1) is 5.41 Å². The Kier molecular flexibility index (Phi) is 29.3. The van der Waals surface area contributed by atoms with Crippen molar-refractivity contribution in [2.75, 3.05) is 52.8 Å². The van der Waals surface area contributed by atoms with Crippen molar-refractivity contribution >= 4 is 36.1 Å². The molecule has 0 bridgehead atoms. The quantitative estimate of drug-likeness (QED) is 0.0413. The first kappa shape index (κ1) is 55.1. The third-order valence-electron chi connectivity index (χ3n) is 8.53. The summed E-state index contributed by atoms with van der Waals surface area (Å²) in [6.45, 7) is 26.9.